The zero-order valence-corrected chi connectivity index (χ0v) is 18.4. The number of ether oxygens (including phenoxy) is 1. The molecule has 2 aromatic carbocycles. The third kappa shape index (κ3) is 4.62. The second-order valence-corrected chi connectivity index (χ2v) is 8.80. The molecular formula is C23H26ClF2N3O2. The average Bonchev–Trinajstić information content (AvgIpc) is 2.75. The van der Waals surface area contributed by atoms with Gasteiger partial charge in [0.15, 0.2) is 6.23 Å². The summed E-state index contributed by atoms with van der Waals surface area (Å²) in [7, 11) is 1.86. The van der Waals surface area contributed by atoms with Crippen LogP contribution in [0.4, 0.5) is 14.5 Å². The van der Waals surface area contributed by atoms with Gasteiger partial charge in [0.2, 0.25) is 0 Å². The summed E-state index contributed by atoms with van der Waals surface area (Å²) in [4.78, 5) is 16.2. The molecule has 0 aromatic heterocycles. The third-order valence-electron chi connectivity index (χ3n) is 6.07. The van der Waals surface area contributed by atoms with Crippen LogP contribution in [-0.2, 0) is 0 Å². The van der Waals surface area contributed by atoms with Crippen molar-refractivity contribution in [1.82, 2.24) is 9.80 Å². The standard InChI is InChI=1S/C23H26ClF2N3O2/c1-15-4-3-5-19-21(15)31-20(13-27-19)28(2)14-23(26)8-10-29(11-9-23)22(30)16-6-7-18(25)17(24)12-16/h3-7,12,20,27H,8-11,13-14H2,1-2H3. The van der Waals surface area contributed by atoms with Gasteiger partial charge in [0, 0.05) is 38.0 Å². The van der Waals surface area contributed by atoms with E-state index in [-0.39, 0.29) is 36.5 Å². The number of hydrogen-bond acceptors (Lipinski definition) is 4. The summed E-state index contributed by atoms with van der Waals surface area (Å²) in [5, 5.41) is 3.26. The van der Waals surface area contributed by atoms with Gasteiger partial charge in [-0.1, -0.05) is 23.7 Å². The fourth-order valence-electron chi connectivity index (χ4n) is 4.20. The lowest BCUT2D eigenvalue weighted by Gasteiger charge is -2.41. The molecular weight excluding hydrogens is 424 g/mol. The van der Waals surface area contributed by atoms with E-state index in [4.69, 9.17) is 16.3 Å². The molecule has 1 unspecified atom stereocenters. The van der Waals surface area contributed by atoms with Crippen molar-refractivity contribution in [3.63, 3.8) is 0 Å². The van der Waals surface area contributed by atoms with Crippen LogP contribution >= 0.6 is 11.6 Å². The number of para-hydroxylation sites is 1. The Morgan fingerprint density at radius 1 is 1.32 bits per heavy atom. The van der Waals surface area contributed by atoms with Crippen molar-refractivity contribution in [2.24, 2.45) is 0 Å². The number of anilines is 1. The van der Waals surface area contributed by atoms with Gasteiger partial charge in [0.05, 0.1) is 17.3 Å². The first-order valence-electron chi connectivity index (χ1n) is 10.4. The van der Waals surface area contributed by atoms with Gasteiger partial charge in [-0.2, -0.15) is 0 Å². The summed E-state index contributed by atoms with van der Waals surface area (Å²) in [6.07, 6.45) is 0.184. The number of carbonyl (C=O) groups excluding carboxylic acids is 1. The van der Waals surface area contributed by atoms with Gasteiger partial charge in [0.25, 0.3) is 5.91 Å². The molecule has 4 rings (SSSR count). The zero-order valence-electron chi connectivity index (χ0n) is 17.6. The smallest absolute Gasteiger partial charge is 0.253 e. The van der Waals surface area contributed by atoms with E-state index in [1.54, 1.807) is 4.90 Å². The minimum absolute atomic E-state index is 0.0952. The number of benzene rings is 2. The monoisotopic (exact) mass is 449 g/mol. The molecule has 1 amide bonds. The molecule has 0 spiro atoms. The van der Waals surface area contributed by atoms with Crippen LogP contribution in [0.15, 0.2) is 36.4 Å². The highest BCUT2D eigenvalue weighted by molar-refractivity contribution is 6.31. The van der Waals surface area contributed by atoms with E-state index in [0.717, 1.165) is 17.0 Å². The van der Waals surface area contributed by atoms with E-state index >= 15 is 4.39 Å². The average molecular weight is 450 g/mol. The lowest BCUT2D eigenvalue weighted by Crippen LogP contribution is -2.53. The summed E-state index contributed by atoms with van der Waals surface area (Å²) < 4.78 is 35.1. The molecule has 0 radical (unpaired) electrons. The number of likely N-dealkylation sites (tertiary alicyclic amines) is 1. The van der Waals surface area contributed by atoms with E-state index in [2.05, 4.69) is 5.32 Å². The van der Waals surface area contributed by atoms with Crippen LogP contribution in [0.2, 0.25) is 5.02 Å². The van der Waals surface area contributed by atoms with Crippen LogP contribution in [-0.4, -0.2) is 60.8 Å². The topological polar surface area (TPSA) is 44.8 Å². The maximum atomic E-state index is 15.6. The van der Waals surface area contributed by atoms with E-state index in [9.17, 15) is 9.18 Å². The Labute approximate surface area is 185 Å². The molecule has 1 saturated heterocycles. The second kappa shape index (κ2) is 8.63. The van der Waals surface area contributed by atoms with Crippen molar-refractivity contribution in [2.45, 2.75) is 31.7 Å². The normalized spacial score (nSPS) is 20.1. The van der Waals surface area contributed by atoms with Gasteiger partial charge < -0.3 is 15.0 Å². The Kier molecular flexibility index (Phi) is 6.08. The summed E-state index contributed by atoms with van der Waals surface area (Å²) in [6, 6.07) is 9.82. The molecule has 2 aromatic rings. The molecule has 31 heavy (non-hydrogen) atoms. The van der Waals surface area contributed by atoms with Crippen molar-refractivity contribution in [3.8, 4) is 5.75 Å². The van der Waals surface area contributed by atoms with Crippen LogP contribution in [0, 0.1) is 12.7 Å². The van der Waals surface area contributed by atoms with E-state index in [0.29, 0.717) is 25.2 Å². The number of piperidine rings is 1. The molecule has 1 N–H and O–H groups in total. The molecule has 1 atom stereocenters. The SMILES string of the molecule is Cc1cccc2c1OC(N(C)CC1(F)CCN(C(=O)c3ccc(F)c(Cl)c3)CC1)CN2. The third-order valence-corrected chi connectivity index (χ3v) is 6.36. The molecule has 0 saturated carbocycles. The van der Waals surface area contributed by atoms with Crippen molar-refractivity contribution >= 4 is 23.2 Å². The van der Waals surface area contributed by atoms with Gasteiger partial charge in [-0.05, 0) is 43.8 Å². The number of hydrogen-bond donors (Lipinski definition) is 1. The van der Waals surface area contributed by atoms with Crippen LogP contribution in [0.3, 0.4) is 0 Å². The maximum Gasteiger partial charge on any atom is 0.253 e. The van der Waals surface area contributed by atoms with Crippen molar-refractivity contribution < 1.29 is 18.3 Å². The van der Waals surface area contributed by atoms with Crippen molar-refractivity contribution in [2.75, 3.05) is 38.5 Å². The number of alkyl halides is 1. The quantitative estimate of drug-likeness (QED) is 0.746. The number of nitrogens with one attached hydrogen (secondary N) is 1. The molecule has 2 heterocycles. The van der Waals surface area contributed by atoms with Crippen LogP contribution in [0.5, 0.6) is 5.75 Å². The van der Waals surface area contributed by atoms with Gasteiger partial charge in [0.1, 0.15) is 17.2 Å². The van der Waals surface area contributed by atoms with Gasteiger partial charge in [-0.25, -0.2) is 8.78 Å². The first kappa shape index (κ1) is 21.8. The number of rotatable bonds is 4. The largest absolute Gasteiger partial charge is 0.471 e. The Balaban J connectivity index is 1.35. The fourth-order valence-corrected chi connectivity index (χ4v) is 4.38. The van der Waals surface area contributed by atoms with Crippen LogP contribution in [0.1, 0.15) is 28.8 Å². The molecule has 1 fully saturated rings. The molecule has 0 aliphatic carbocycles. The Hall–Kier alpha value is -2.38. The van der Waals surface area contributed by atoms with Crippen molar-refractivity contribution in [3.05, 3.63) is 58.4 Å². The summed E-state index contributed by atoms with van der Waals surface area (Å²) in [5.74, 6) is -0.0269. The Morgan fingerprint density at radius 2 is 2.06 bits per heavy atom. The number of likely N-dealkylation sites (N-methyl/N-ethyl adjacent to an activating group) is 1. The highest BCUT2D eigenvalue weighted by Crippen LogP contribution is 2.34. The number of nitrogens with zero attached hydrogens (tertiary/aromatic N) is 2. The number of halogens is 3. The molecule has 2 aliphatic heterocycles. The predicted octanol–water partition coefficient (Wildman–Crippen LogP) is 4.49. The zero-order chi connectivity index (χ0) is 22.2. The number of carbonyl (C=O) groups is 1. The van der Waals surface area contributed by atoms with Gasteiger partial charge >= 0.3 is 0 Å². The first-order chi connectivity index (χ1) is 14.8. The Morgan fingerprint density at radius 3 is 2.77 bits per heavy atom. The molecule has 5 nitrogen and oxygen atoms in total. The summed E-state index contributed by atoms with van der Waals surface area (Å²) >= 11 is 5.79. The second-order valence-electron chi connectivity index (χ2n) is 8.39. The number of aryl methyl sites for hydroxylation is 1. The van der Waals surface area contributed by atoms with E-state index < -0.39 is 11.5 Å². The molecule has 166 valence electrons. The summed E-state index contributed by atoms with van der Waals surface area (Å²) in [6.45, 7) is 3.36. The summed E-state index contributed by atoms with van der Waals surface area (Å²) in [5.41, 5.74) is 0.880. The highest BCUT2D eigenvalue weighted by Gasteiger charge is 2.39. The molecule has 0 bridgehead atoms. The van der Waals surface area contributed by atoms with Crippen LogP contribution in [0.25, 0.3) is 0 Å². The predicted molar refractivity (Wildman–Crippen MR) is 117 cm³/mol. The van der Waals surface area contributed by atoms with E-state index in [1.807, 2.05) is 37.1 Å². The highest BCUT2D eigenvalue weighted by atomic mass is 35.5. The maximum absolute atomic E-state index is 15.6. The number of fused-ring (bicyclic) bond motifs is 1. The minimum atomic E-state index is -1.42. The van der Waals surface area contributed by atoms with E-state index in [1.165, 1.54) is 18.2 Å². The molecule has 2 aliphatic rings. The number of amides is 1. The molecule has 8 heteroatoms. The van der Waals surface area contributed by atoms with Crippen molar-refractivity contribution in [1.29, 1.82) is 0 Å². The lowest BCUT2D eigenvalue weighted by molar-refractivity contribution is -0.0194. The van der Waals surface area contributed by atoms with Gasteiger partial charge in [-0.3, -0.25) is 9.69 Å². The first-order valence-corrected chi connectivity index (χ1v) is 10.8. The lowest BCUT2D eigenvalue weighted by atomic mass is 9.92. The van der Waals surface area contributed by atoms with Crippen LogP contribution < -0.4 is 10.1 Å². The van der Waals surface area contributed by atoms with Gasteiger partial charge in [-0.15, -0.1) is 0 Å². The fraction of sp³-hybridized carbons (Fsp3) is 0.435. The Bertz CT molecular complexity index is 979. The minimum Gasteiger partial charge on any atom is -0.471 e.